The normalized spacial score (nSPS) is 12.9. The second-order valence-corrected chi connectivity index (χ2v) is 5.69. The summed E-state index contributed by atoms with van der Waals surface area (Å²) in [6, 6.07) is 8.04. The lowest BCUT2D eigenvalue weighted by Gasteiger charge is -2.14. The van der Waals surface area contributed by atoms with E-state index >= 15 is 0 Å². The zero-order valence-electron chi connectivity index (χ0n) is 10.1. The van der Waals surface area contributed by atoms with E-state index in [1.807, 2.05) is 6.07 Å². The molecule has 0 saturated heterocycles. The van der Waals surface area contributed by atoms with Gasteiger partial charge in [-0.05, 0) is 18.1 Å². The number of aliphatic hydroxyl groups is 1. The summed E-state index contributed by atoms with van der Waals surface area (Å²) in [6.07, 6.45) is 0.510. The topological polar surface area (TPSA) is 90.2 Å². The van der Waals surface area contributed by atoms with Gasteiger partial charge in [-0.1, -0.05) is 25.1 Å². The number of rotatable bonds is 6. The minimum atomic E-state index is -3.55. The maximum Gasteiger partial charge on any atom is 0.216 e. The molecule has 18 heavy (non-hydrogen) atoms. The maximum absolute atomic E-state index is 11.9. The molecule has 5 nitrogen and oxygen atoms in total. The molecule has 0 saturated carbocycles. The van der Waals surface area contributed by atoms with Gasteiger partial charge in [0.2, 0.25) is 10.0 Å². The zero-order valence-corrected chi connectivity index (χ0v) is 10.9. The lowest BCUT2D eigenvalue weighted by Crippen LogP contribution is -2.37. The van der Waals surface area contributed by atoms with E-state index in [-0.39, 0.29) is 12.4 Å². The minimum absolute atomic E-state index is 0.240. The molecule has 1 aromatic carbocycles. The highest BCUT2D eigenvalue weighted by molar-refractivity contribution is 7.88. The van der Waals surface area contributed by atoms with Crippen LogP contribution in [0.1, 0.15) is 24.5 Å². The molecule has 2 N–H and O–H groups in total. The third-order valence-electron chi connectivity index (χ3n) is 2.54. The average molecular weight is 268 g/mol. The van der Waals surface area contributed by atoms with E-state index in [1.165, 1.54) is 0 Å². The van der Waals surface area contributed by atoms with Crippen LogP contribution in [0.25, 0.3) is 0 Å². The molecule has 0 unspecified atom stereocenters. The van der Waals surface area contributed by atoms with Crippen LogP contribution in [-0.4, -0.2) is 26.2 Å². The summed E-state index contributed by atoms with van der Waals surface area (Å²) in [5.74, 6) is -0.257. The van der Waals surface area contributed by atoms with Crippen LogP contribution >= 0.6 is 0 Å². The molecule has 98 valence electrons. The molecule has 1 aromatic rings. The summed E-state index contributed by atoms with van der Waals surface area (Å²) in [4.78, 5) is 0. The molecule has 0 amide bonds. The van der Waals surface area contributed by atoms with Crippen molar-refractivity contribution in [1.29, 1.82) is 5.26 Å². The van der Waals surface area contributed by atoms with E-state index in [0.717, 1.165) is 0 Å². The fraction of sp³-hybridized carbons (Fsp3) is 0.417. The van der Waals surface area contributed by atoms with Crippen LogP contribution in [0.2, 0.25) is 0 Å². The van der Waals surface area contributed by atoms with Crippen molar-refractivity contribution in [3.8, 4) is 6.07 Å². The summed E-state index contributed by atoms with van der Waals surface area (Å²) in [6.45, 7) is 1.54. The SMILES string of the molecule is CC[C@@H](CO)NS(=O)(=O)Cc1ccccc1C#N. The number of hydrogen-bond donors (Lipinski definition) is 2. The highest BCUT2D eigenvalue weighted by Gasteiger charge is 2.18. The number of aliphatic hydroxyl groups excluding tert-OH is 1. The van der Waals surface area contributed by atoms with Crippen LogP contribution in [0.5, 0.6) is 0 Å². The minimum Gasteiger partial charge on any atom is -0.395 e. The first-order valence-corrected chi connectivity index (χ1v) is 7.26. The Hall–Kier alpha value is -1.42. The molecule has 0 aliphatic heterocycles. The van der Waals surface area contributed by atoms with Crippen molar-refractivity contribution in [2.75, 3.05) is 6.61 Å². The van der Waals surface area contributed by atoms with Gasteiger partial charge in [0, 0.05) is 6.04 Å². The molecule has 0 heterocycles. The predicted molar refractivity (Wildman–Crippen MR) is 68.1 cm³/mol. The van der Waals surface area contributed by atoms with Crippen LogP contribution < -0.4 is 4.72 Å². The van der Waals surface area contributed by atoms with Crippen molar-refractivity contribution in [3.05, 3.63) is 35.4 Å². The van der Waals surface area contributed by atoms with Crippen molar-refractivity contribution >= 4 is 10.0 Å². The van der Waals surface area contributed by atoms with Gasteiger partial charge in [-0.25, -0.2) is 13.1 Å². The molecule has 1 atom stereocenters. The molecule has 0 aliphatic carbocycles. The molecular formula is C12H16N2O3S. The van der Waals surface area contributed by atoms with Gasteiger partial charge in [-0.2, -0.15) is 5.26 Å². The van der Waals surface area contributed by atoms with Gasteiger partial charge < -0.3 is 5.11 Å². The Kier molecular flexibility index (Phi) is 5.28. The number of sulfonamides is 1. The molecule has 0 aliphatic rings. The second-order valence-electron chi connectivity index (χ2n) is 3.93. The van der Waals surface area contributed by atoms with E-state index in [0.29, 0.717) is 17.5 Å². The summed E-state index contributed by atoms with van der Waals surface area (Å²) in [5.41, 5.74) is 0.806. The molecule has 0 aromatic heterocycles. The van der Waals surface area contributed by atoms with Gasteiger partial charge in [0.05, 0.1) is 24.0 Å². The molecule has 0 spiro atoms. The van der Waals surface area contributed by atoms with Crippen LogP contribution in [0, 0.1) is 11.3 Å². The number of nitriles is 1. The number of benzene rings is 1. The third kappa shape index (κ3) is 4.11. The van der Waals surface area contributed by atoms with E-state index in [9.17, 15) is 8.42 Å². The molecule has 0 bridgehead atoms. The monoisotopic (exact) mass is 268 g/mol. The van der Waals surface area contributed by atoms with Crippen molar-refractivity contribution < 1.29 is 13.5 Å². The highest BCUT2D eigenvalue weighted by atomic mass is 32.2. The van der Waals surface area contributed by atoms with E-state index in [2.05, 4.69) is 4.72 Å². The van der Waals surface area contributed by atoms with Crippen molar-refractivity contribution in [2.45, 2.75) is 25.1 Å². The van der Waals surface area contributed by atoms with Gasteiger partial charge in [0.25, 0.3) is 0 Å². The maximum atomic E-state index is 11.9. The standard InChI is InChI=1S/C12H16N2O3S/c1-2-12(8-15)14-18(16,17)9-11-6-4-3-5-10(11)7-13/h3-6,12,14-15H,2,8-9H2,1H3/t12-/m0/s1. The number of hydrogen-bond acceptors (Lipinski definition) is 4. The highest BCUT2D eigenvalue weighted by Crippen LogP contribution is 2.11. The number of nitrogens with one attached hydrogen (secondary N) is 1. The first kappa shape index (κ1) is 14.6. The first-order chi connectivity index (χ1) is 8.52. The van der Waals surface area contributed by atoms with Gasteiger partial charge >= 0.3 is 0 Å². The van der Waals surface area contributed by atoms with E-state index in [1.54, 1.807) is 31.2 Å². The first-order valence-electron chi connectivity index (χ1n) is 5.61. The van der Waals surface area contributed by atoms with Crippen LogP contribution in [0.15, 0.2) is 24.3 Å². The summed E-state index contributed by atoms with van der Waals surface area (Å²) < 4.78 is 26.1. The molecule has 0 radical (unpaired) electrons. The summed E-state index contributed by atoms with van der Waals surface area (Å²) in [7, 11) is -3.55. The Labute approximate surface area is 107 Å². The quantitative estimate of drug-likeness (QED) is 0.796. The van der Waals surface area contributed by atoms with Gasteiger partial charge in [0.1, 0.15) is 0 Å². The summed E-state index contributed by atoms with van der Waals surface area (Å²) >= 11 is 0. The van der Waals surface area contributed by atoms with E-state index < -0.39 is 16.1 Å². The van der Waals surface area contributed by atoms with Crippen LogP contribution in [-0.2, 0) is 15.8 Å². The Morgan fingerprint density at radius 2 is 2.11 bits per heavy atom. The Morgan fingerprint density at radius 3 is 2.67 bits per heavy atom. The lowest BCUT2D eigenvalue weighted by atomic mass is 10.1. The smallest absolute Gasteiger partial charge is 0.216 e. The van der Waals surface area contributed by atoms with Gasteiger partial charge in [-0.15, -0.1) is 0 Å². The lowest BCUT2D eigenvalue weighted by molar-refractivity contribution is 0.254. The van der Waals surface area contributed by atoms with Gasteiger partial charge in [0.15, 0.2) is 0 Å². The predicted octanol–water partition coefficient (Wildman–Crippen LogP) is 0.749. The second kappa shape index (κ2) is 6.50. The van der Waals surface area contributed by atoms with E-state index in [4.69, 9.17) is 10.4 Å². The van der Waals surface area contributed by atoms with Gasteiger partial charge in [-0.3, -0.25) is 0 Å². The molecular weight excluding hydrogens is 252 g/mol. The average Bonchev–Trinajstić information content (AvgIpc) is 2.36. The molecule has 1 rings (SSSR count). The fourth-order valence-corrected chi connectivity index (χ4v) is 3.00. The Balaban J connectivity index is 2.86. The molecule has 6 heteroatoms. The fourth-order valence-electron chi connectivity index (χ4n) is 1.51. The number of nitrogens with zero attached hydrogens (tertiary/aromatic N) is 1. The zero-order chi connectivity index (χ0) is 13.6. The van der Waals surface area contributed by atoms with Crippen LogP contribution in [0.3, 0.4) is 0 Å². The van der Waals surface area contributed by atoms with Crippen molar-refractivity contribution in [1.82, 2.24) is 4.72 Å². The summed E-state index contributed by atoms with van der Waals surface area (Å²) in [5, 5.41) is 17.9. The van der Waals surface area contributed by atoms with Crippen LogP contribution in [0.4, 0.5) is 0 Å². The largest absolute Gasteiger partial charge is 0.395 e. The molecule has 0 fully saturated rings. The van der Waals surface area contributed by atoms with Crippen molar-refractivity contribution in [3.63, 3.8) is 0 Å². The Morgan fingerprint density at radius 1 is 1.44 bits per heavy atom. The third-order valence-corrected chi connectivity index (χ3v) is 3.93. The Bertz CT molecular complexity index is 530. The van der Waals surface area contributed by atoms with Crippen molar-refractivity contribution in [2.24, 2.45) is 0 Å².